The molecule has 0 saturated heterocycles. The lowest BCUT2D eigenvalue weighted by atomic mass is 10.0. The summed E-state index contributed by atoms with van der Waals surface area (Å²) in [6.07, 6.45) is -0.899. The number of aliphatic hydroxyl groups excluding tert-OH is 1. The van der Waals surface area contributed by atoms with Crippen LogP contribution in [0.25, 0.3) is 0 Å². The SMILES string of the molecule is COC(=O)[C@H](CC(C)C)NC(=O)[C@H](Cc1ccccc1)NC(=O)[C@@H]1C[C@H]1[C@H](O)CNC(=O)[C@H](Cc1ccc(O)cc1)NC(=O)OC(C)(C)C. The fraction of sp³-hybridized carbons (Fsp3) is 0.528. The zero-order valence-corrected chi connectivity index (χ0v) is 29.0. The Bertz CT molecular complexity index is 1430. The predicted molar refractivity (Wildman–Crippen MR) is 181 cm³/mol. The molecule has 49 heavy (non-hydrogen) atoms. The number of rotatable bonds is 16. The monoisotopic (exact) mass is 682 g/mol. The van der Waals surface area contributed by atoms with Gasteiger partial charge in [-0.15, -0.1) is 0 Å². The standard InChI is InChI=1S/C36H50N4O9/c1-21(2)16-29(34(46)48-6)39-33(45)28(17-22-10-8-7-9-11-22)38-31(43)26-19-25(26)30(42)20-37-32(44)27(40-35(47)49-36(3,4)5)18-23-12-14-24(41)15-13-23/h7-15,21,25-30,41-42H,16-20H2,1-6H3,(H,37,44)(H,38,43)(H,39,45)(H,40,47)/t25-,26-,27+,28+,29+,30-/m1/s1. The molecule has 0 heterocycles. The Morgan fingerprint density at radius 2 is 1.43 bits per heavy atom. The van der Waals surface area contributed by atoms with Crippen LogP contribution in [0.4, 0.5) is 4.79 Å². The zero-order valence-electron chi connectivity index (χ0n) is 29.0. The Morgan fingerprint density at radius 3 is 2.00 bits per heavy atom. The third-order valence-corrected chi connectivity index (χ3v) is 7.96. The van der Waals surface area contributed by atoms with Crippen LogP contribution < -0.4 is 21.3 Å². The number of phenolic OH excluding ortho intramolecular Hbond substituents is 1. The van der Waals surface area contributed by atoms with Gasteiger partial charge in [-0.3, -0.25) is 14.4 Å². The Labute approximate surface area is 287 Å². The number of aromatic hydroxyl groups is 1. The second-order valence-corrected chi connectivity index (χ2v) is 13.9. The highest BCUT2D eigenvalue weighted by Crippen LogP contribution is 2.41. The third-order valence-electron chi connectivity index (χ3n) is 7.96. The van der Waals surface area contributed by atoms with Crippen LogP contribution in [0, 0.1) is 17.8 Å². The molecule has 2 aromatic rings. The fourth-order valence-electron chi connectivity index (χ4n) is 5.39. The van der Waals surface area contributed by atoms with Crippen LogP contribution in [0.3, 0.4) is 0 Å². The number of hydrogen-bond donors (Lipinski definition) is 6. The van der Waals surface area contributed by atoms with E-state index in [9.17, 15) is 34.2 Å². The smallest absolute Gasteiger partial charge is 0.408 e. The van der Waals surface area contributed by atoms with Gasteiger partial charge in [-0.1, -0.05) is 56.3 Å². The van der Waals surface area contributed by atoms with E-state index < -0.39 is 71.5 Å². The van der Waals surface area contributed by atoms with Gasteiger partial charge in [0, 0.05) is 25.3 Å². The second kappa shape index (κ2) is 17.7. The van der Waals surface area contributed by atoms with Crippen LogP contribution in [0.15, 0.2) is 54.6 Å². The number of hydrogen-bond acceptors (Lipinski definition) is 9. The molecule has 0 radical (unpaired) electrons. The first-order chi connectivity index (χ1) is 23.1. The van der Waals surface area contributed by atoms with Gasteiger partial charge in [0.2, 0.25) is 17.7 Å². The van der Waals surface area contributed by atoms with Crippen LogP contribution in [0.1, 0.15) is 58.6 Å². The van der Waals surface area contributed by atoms with Crippen LogP contribution in [-0.2, 0) is 41.5 Å². The van der Waals surface area contributed by atoms with E-state index in [1.807, 2.05) is 44.2 Å². The summed E-state index contributed by atoms with van der Waals surface area (Å²) in [6, 6.07) is 12.4. The number of ether oxygens (including phenoxy) is 2. The summed E-state index contributed by atoms with van der Waals surface area (Å²) >= 11 is 0. The maximum atomic E-state index is 13.4. The molecule has 0 unspecified atom stereocenters. The minimum Gasteiger partial charge on any atom is -0.508 e. The molecule has 13 nitrogen and oxygen atoms in total. The maximum absolute atomic E-state index is 13.4. The Hall–Kier alpha value is -4.65. The molecule has 6 atom stereocenters. The summed E-state index contributed by atoms with van der Waals surface area (Å²) in [6.45, 7) is 8.74. The molecule has 1 saturated carbocycles. The van der Waals surface area contributed by atoms with Gasteiger partial charge in [0.15, 0.2) is 0 Å². The zero-order chi connectivity index (χ0) is 36.3. The van der Waals surface area contributed by atoms with Crippen molar-refractivity contribution in [2.24, 2.45) is 17.8 Å². The molecule has 1 aliphatic rings. The van der Waals surface area contributed by atoms with Crippen LogP contribution in [-0.4, -0.2) is 83.5 Å². The topological polar surface area (TPSA) is 192 Å². The Morgan fingerprint density at radius 1 is 0.837 bits per heavy atom. The fourth-order valence-corrected chi connectivity index (χ4v) is 5.39. The van der Waals surface area contributed by atoms with Crippen molar-refractivity contribution in [1.82, 2.24) is 21.3 Å². The van der Waals surface area contributed by atoms with E-state index in [1.54, 1.807) is 32.9 Å². The minimum atomic E-state index is -1.08. The number of alkyl carbamates (subject to hydrolysis) is 1. The molecular weight excluding hydrogens is 632 g/mol. The van der Waals surface area contributed by atoms with E-state index >= 15 is 0 Å². The van der Waals surface area contributed by atoms with Crippen LogP contribution in [0.5, 0.6) is 5.75 Å². The lowest BCUT2D eigenvalue weighted by Gasteiger charge is -2.24. The predicted octanol–water partition coefficient (Wildman–Crippen LogP) is 2.37. The van der Waals surface area contributed by atoms with E-state index in [0.29, 0.717) is 18.4 Å². The molecule has 0 bridgehead atoms. The minimum absolute atomic E-state index is 0.0551. The highest BCUT2D eigenvalue weighted by atomic mass is 16.6. The van der Waals surface area contributed by atoms with Gasteiger partial charge < -0.3 is 41.0 Å². The summed E-state index contributed by atoms with van der Waals surface area (Å²) in [5.41, 5.74) is 0.683. The summed E-state index contributed by atoms with van der Waals surface area (Å²) in [5.74, 6) is -3.03. The van der Waals surface area contributed by atoms with E-state index in [2.05, 4.69) is 21.3 Å². The van der Waals surface area contributed by atoms with E-state index in [-0.39, 0.29) is 31.1 Å². The largest absolute Gasteiger partial charge is 0.508 e. The van der Waals surface area contributed by atoms with Crippen molar-refractivity contribution in [3.05, 3.63) is 65.7 Å². The first kappa shape index (κ1) is 38.8. The molecule has 2 aromatic carbocycles. The number of esters is 1. The summed E-state index contributed by atoms with van der Waals surface area (Å²) < 4.78 is 10.2. The van der Waals surface area contributed by atoms with Crippen molar-refractivity contribution in [2.75, 3.05) is 13.7 Å². The van der Waals surface area contributed by atoms with Gasteiger partial charge in [0.25, 0.3) is 0 Å². The molecule has 0 aromatic heterocycles. The lowest BCUT2D eigenvalue weighted by molar-refractivity contribution is -0.145. The third kappa shape index (κ3) is 13.1. The highest BCUT2D eigenvalue weighted by molar-refractivity contribution is 5.92. The van der Waals surface area contributed by atoms with Gasteiger partial charge in [-0.25, -0.2) is 9.59 Å². The molecular formula is C36H50N4O9. The number of methoxy groups -OCH3 is 1. The first-order valence-electron chi connectivity index (χ1n) is 16.5. The molecule has 0 aliphatic heterocycles. The van der Waals surface area contributed by atoms with Crippen LogP contribution >= 0.6 is 0 Å². The van der Waals surface area contributed by atoms with Crippen molar-refractivity contribution in [1.29, 1.82) is 0 Å². The van der Waals surface area contributed by atoms with Gasteiger partial charge in [-0.05, 0) is 68.7 Å². The van der Waals surface area contributed by atoms with Crippen molar-refractivity contribution in [3.8, 4) is 5.75 Å². The van der Waals surface area contributed by atoms with E-state index in [1.165, 1.54) is 19.2 Å². The number of aliphatic hydroxyl groups is 1. The van der Waals surface area contributed by atoms with Gasteiger partial charge >= 0.3 is 12.1 Å². The second-order valence-electron chi connectivity index (χ2n) is 13.9. The molecule has 1 aliphatic carbocycles. The number of amides is 4. The van der Waals surface area contributed by atoms with E-state index in [4.69, 9.17) is 9.47 Å². The normalized spacial score (nSPS) is 17.9. The van der Waals surface area contributed by atoms with Crippen molar-refractivity contribution in [2.45, 2.75) is 90.1 Å². The maximum Gasteiger partial charge on any atom is 0.408 e. The van der Waals surface area contributed by atoms with Gasteiger partial charge in [-0.2, -0.15) is 0 Å². The number of nitrogens with one attached hydrogen (secondary N) is 4. The quantitative estimate of drug-likeness (QED) is 0.144. The van der Waals surface area contributed by atoms with E-state index in [0.717, 1.165) is 5.56 Å². The van der Waals surface area contributed by atoms with Crippen molar-refractivity contribution >= 4 is 29.8 Å². The average Bonchev–Trinajstić information content (AvgIpc) is 3.84. The molecule has 0 spiro atoms. The summed E-state index contributed by atoms with van der Waals surface area (Å²) in [7, 11) is 1.25. The molecule has 1 fully saturated rings. The average molecular weight is 683 g/mol. The Balaban J connectivity index is 1.63. The summed E-state index contributed by atoms with van der Waals surface area (Å²) in [5, 5.41) is 31.3. The van der Waals surface area contributed by atoms with Crippen molar-refractivity contribution in [3.63, 3.8) is 0 Å². The number of phenols is 1. The molecule has 4 amide bonds. The molecule has 6 N–H and O–H groups in total. The van der Waals surface area contributed by atoms with Gasteiger partial charge in [0.05, 0.1) is 13.2 Å². The molecule has 13 heteroatoms. The van der Waals surface area contributed by atoms with Crippen molar-refractivity contribution < 1.29 is 43.7 Å². The lowest BCUT2D eigenvalue weighted by Crippen LogP contribution is -2.53. The molecule has 3 rings (SSSR count). The Kier molecular flexibility index (Phi) is 14.0. The summed E-state index contributed by atoms with van der Waals surface area (Å²) in [4.78, 5) is 64.8. The highest BCUT2D eigenvalue weighted by Gasteiger charge is 2.48. The first-order valence-corrected chi connectivity index (χ1v) is 16.5. The van der Waals surface area contributed by atoms with Gasteiger partial charge in [0.1, 0.15) is 29.5 Å². The van der Waals surface area contributed by atoms with Crippen LogP contribution in [0.2, 0.25) is 0 Å². The number of carbonyl (C=O) groups is 5. The molecule has 268 valence electrons. The number of benzene rings is 2. The number of carbonyl (C=O) groups excluding carboxylic acids is 5.